The Kier molecular flexibility index (Phi) is 10.4. The zero-order valence-corrected chi connectivity index (χ0v) is 8.60. The van der Waals surface area contributed by atoms with Crippen molar-refractivity contribution in [1.82, 2.24) is 5.32 Å². The number of hydrogen-bond donors (Lipinski definition) is 1. The fraction of sp³-hybridized carbons (Fsp3) is 0.818. The van der Waals surface area contributed by atoms with Crippen LogP contribution >= 0.6 is 0 Å². The second kappa shape index (κ2) is 10.7. The van der Waals surface area contributed by atoms with Crippen molar-refractivity contribution >= 4 is 0 Å². The van der Waals surface area contributed by atoms with E-state index in [4.69, 9.17) is 0 Å². The summed E-state index contributed by atoms with van der Waals surface area (Å²) in [5, 5.41) is 3.30. The number of rotatable bonds is 8. The van der Waals surface area contributed by atoms with Gasteiger partial charge >= 0.3 is 0 Å². The minimum atomic E-state index is 1.09. The summed E-state index contributed by atoms with van der Waals surface area (Å²) in [4.78, 5) is 0. The minimum Gasteiger partial charge on any atom is -0.317 e. The van der Waals surface area contributed by atoms with Gasteiger partial charge in [0.15, 0.2) is 0 Å². The molecule has 0 aromatic rings. The molecular weight excluding hydrogens is 146 g/mol. The molecule has 0 aromatic heterocycles. The molecule has 1 heteroatoms. The smallest absolute Gasteiger partial charge is 0.00144 e. The third-order valence-corrected chi connectivity index (χ3v) is 1.88. The van der Waals surface area contributed by atoms with Crippen molar-refractivity contribution in [3.63, 3.8) is 0 Å². The Morgan fingerprint density at radius 3 is 2.42 bits per heavy atom. The van der Waals surface area contributed by atoms with Crippen molar-refractivity contribution < 1.29 is 0 Å². The summed E-state index contributed by atoms with van der Waals surface area (Å²) in [5.41, 5.74) is 0. The van der Waals surface area contributed by atoms with Gasteiger partial charge < -0.3 is 5.32 Å². The van der Waals surface area contributed by atoms with Crippen molar-refractivity contribution in [1.29, 1.82) is 0 Å². The third-order valence-electron chi connectivity index (χ3n) is 1.88. The van der Waals surface area contributed by atoms with Crippen molar-refractivity contribution in [2.24, 2.45) is 0 Å². The molecular formula is C11H23N. The second-order valence-electron chi connectivity index (χ2n) is 3.11. The van der Waals surface area contributed by atoms with Crippen LogP contribution < -0.4 is 5.32 Å². The maximum atomic E-state index is 3.30. The molecule has 1 N–H and O–H groups in total. The van der Waals surface area contributed by atoms with Gasteiger partial charge in [-0.15, -0.1) is 0 Å². The molecule has 0 rings (SSSR count). The van der Waals surface area contributed by atoms with Crippen molar-refractivity contribution in [2.45, 2.75) is 46.0 Å². The van der Waals surface area contributed by atoms with Crippen LogP contribution in [0.2, 0.25) is 0 Å². The molecule has 0 spiro atoms. The van der Waals surface area contributed by atoms with Gasteiger partial charge in [0.05, 0.1) is 0 Å². The molecule has 0 aliphatic rings. The fourth-order valence-electron chi connectivity index (χ4n) is 1.11. The molecule has 0 saturated carbocycles. The molecule has 1 nitrogen and oxygen atoms in total. The summed E-state index contributed by atoms with van der Waals surface area (Å²) in [6, 6.07) is 0. The van der Waals surface area contributed by atoms with Crippen LogP contribution in [0.25, 0.3) is 0 Å². The molecule has 12 heavy (non-hydrogen) atoms. The maximum Gasteiger partial charge on any atom is -0.00144 e. The summed E-state index contributed by atoms with van der Waals surface area (Å²) >= 11 is 0. The summed E-state index contributed by atoms with van der Waals surface area (Å²) in [5.74, 6) is 0. The van der Waals surface area contributed by atoms with Gasteiger partial charge in [-0.3, -0.25) is 0 Å². The largest absolute Gasteiger partial charge is 0.317 e. The highest BCUT2D eigenvalue weighted by atomic mass is 14.8. The first-order valence-corrected chi connectivity index (χ1v) is 5.27. The molecule has 0 aliphatic carbocycles. The molecule has 0 aromatic carbocycles. The molecule has 0 aliphatic heterocycles. The highest BCUT2D eigenvalue weighted by Gasteiger charge is 1.82. The van der Waals surface area contributed by atoms with Gasteiger partial charge in [-0.25, -0.2) is 0 Å². The van der Waals surface area contributed by atoms with Gasteiger partial charge in [-0.2, -0.15) is 0 Å². The van der Waals surface area contributed by atoms with Gasteiger partial charge in [0.2, 0.25) is 0 Å². The number of unbranched alkanes of at least 4 members (excludes halogenated alkanes) is 3. The van der Waals surface area contributed by atoms with E-state index in [1.807, 2.05) is 0 Å². The Morgan fingerprint density at radius 1 is 1.00 bits per heavy atom. The van der Waals surface area contributed by atoms with E-state index in [-0.39, 0.29) is 0 Å². The predicted molar refractivity (Wildman–Crippen MR) is 56.4 cm³/mol. The van der Waals surface area contributed by atoms with Gasteiger partial charge in [0.25, 0.3) is 0 Å². The highest BCUT2D eigenvalue weighted by Crippen LogP contribution is 1.99. The number of hydrogen-bond acceptors (Lipinski definition) is 1. The average Bonchev–Trinajstić information content (AvgIpc) is 2.10. The van der Waals surface area contributed by atoms with E-state index in [1.165, 1.54) is 32.1 Å². The summed E-state index contributed by atoms with van der Waals surface area (Å²) in [6.45, 7) is 6.60. The van der Waals surface area contributed by atoms with Crippen LogP contribution in [0.15, 0.2) is 12.2 Å². The number of nitrogens with one attached hydrogen (secondary N) is 1. The first-order valence-electron chi connectivity index (χ1n) is 5.27. The minimum absolute atomic E-state index is 1.09. The monoisotopic (exact) mass is 169 g/mol. The number of allylic oxidation sites excluding steroid dienone is 1. The quantitative estimate of drug-likeness (QED) is 0.435. The lowest BCUT2D eigenvalue weighted by Crippen LogP contribution is -2.12. The standard InChI is InChI=1S/C11H23N/c1-3-5-6-7-8-9-10-11-12-4-2/h8-9,12H,3-7,10-11H2,1-2H3. The van der Waals surface area contributed by atoms with E-state index in [2.05, 4.69) is 31.3 Å². The third kappa shape index (κ3) is 9.70. The van der Waals surface area contributed by atoms with Crippen LogP contribution in [0.5, 0.6) is 0 Å². The molecule has 0 heterocycles. The molecule has 0 unspecified atom stereocenters. The maximum absolute atomic E-state index is 3.30. The van der Waals surface area contributed by atoms with Gasteiger partial charge in [-0.05, 0) is 32.4 Å². The van der Waals surface area contributed by atoms with Gasteiger partial charge in [0, 0.05) is 0 Å². The van der Waals surface area contributed by atoms with Crippen molar-refractivity contribution in [3.05, 3.63) is 12.2 Å². The molecule has 0 bridgehead atoms. The topological polar surface area (TPSA) is 12.0 Å². The van der Waals surface area contributed by atoms with E-state index >= 15 is 0 Å². The zero-order chi connectivity index (χ0) is 9.07. The first-order chi connectivity index (χ1) is 5.91. The Morgan fingerprint density at radius 2 is 1.75 bits per heavy atom. The van der Waals surface area contributed by atoms with Crippen LogP contribution in [-0.4, -0.2) is 13.1 Å². The molecule has 72 valence electrons. The molecule has 0 amide bonds. The lowest BCUT2D eigenvalue weighted by atomic mass is 10.2. The van der Waals surface area contributed by atoms with Crippen molar-refractivity contribution in [2.75, 3.05) is 13.1 Å². The van der Waals surface area contributed by atoms with Gasteiger partial charge in [-0.1, -0.05) is 38.8 Å². The van der Waals surface area contributed by atoms with Crippen LogP contribution in [0.4, 0.5) is 0 Å². The summed E-state index contributed by atoms with van der Waals surface area (Å²) in [6.07, 6.45) is 11.1. The fourth-order valence-corrected chi connectivity index (χ4v) is 1.11. The highest BCUT2D eigenvalue weighted by molar-refractivity contribution is 4.81. The van der Waals surface area contributed by atoms with Crippen molar-refractivity contribution in [3.8, 4) is 0 Å². The predicted octanol–water partition coefficient (Wildman–Crippen LogP) is 3.12. The Hall–Kier alpha value is -0.300. The van der Waals surface area contributed by atoms with Crippen LogP contribution in [0.3, 0.4) is 0 Å². The van der Waals surface area contributed by atoms with E-state index < -0.39 is 0 Å². The zero-order valence-electron chi connectivity index (χ0n) is 8.60. The SMILES string of the molecule is CCCCCC=CCCNCC. The Bertz CT molecular complexity index is 85.2. The van der Waals surface area contributed by atoms with Crippen LogP contribution in [0.1, 0.15) is 46.0 Å². The van der Waals surface area contributed by atoms with Crippen LogP contribution in [0, 0.1) is 0 Å². The van der Waals surface area contributed by atoms with E-state index in [0.29, 0.717) is 0 Å². The summed E-state index contributed by atoms with van der Waals surface area (Å²) in [7, 11) is 0. The molecule has 0 fully saturated rings. The normalized spacial score (nSPS) is 11.2. The van der Waals surface area contributed by atoms with E-state index in [1.54, 1.807) is 0 Å². The van der Waals surface area contributed by atoms with E-state index in [9.17, 15) is 0 Å². The summed E-state index contributed by atoms with van der Waals surface area (Å²) < 4.78 is 0. The first kappa shape index (κ1) is 11.7. The van der Waals surface area contributed by atoms with E-state index in [0.717, 1.165) is 13.1 Å². The van der Waals surface area contributed by atoms with Crippen LogP contribution in [-0.2, 0) is 0 Å². The molecule has 0 atom stereocenters. The lowest BCUT2D eigenvalue weighted by molar-refractivity contribution is 0.715. The van der Waals surface area contributed by atoms with Gasteiger partial charge in [0.1, 0.15) is 0 Å². The molecule has 0 radical (unpaired) electrons. The molecule has 0 saturated heterocycles. The Labute approximate surface area is 77.2 Å². The average molecular weight is 169 g/mol. The lowest BCUT2D eigenvalue weighted by Gasteiger charge is -1.95. The Balaban J connectivity index is 2.93. The second-order valence-corrected chi connectivity index (χ2v) is 3.11.